The fourth-order valence-corrected chi connectivity index (χ4v) is 3.03. The average Bonchev–Trinajstić information content (AvgIpc) is 2.60. The maximum atomic E-state index is 13.4. The molecule has 0 aliphatic rings. The van der Waals surface area contributed by atoms with E-state index in [-0.39, 0.29) is 5.69 Å². The van der Waals surface area contributed by atoms with Crippen molar-refractivity contribution in [3.05, 3.63) is 65.0 Å². The number of hydrogen-bond donors (Lipinski definition) is 1. The molecular weight excluding hydrogens is 373 g/mol. The van der Waals surface area contributed by atoms with Crippen LogP contribution in [0.3, 0.4) is 0 Å². The van der Waals surface area contributed by atoms with Crippen LogP contribution < -0.4 is 4.72 Å². The first-order valence-corrected chi connectivity index (χ1v) is 9.92. The zero-order chi connectivity index (χ0) is 20.8. The van der Waals surface area contributed by atoms with E-state index in [9.17, 15) is 17.4 Å². The molecule has 2 aromatic rings. The van der Waals surface area contributed by atoms with Gasteiger partial charge in [-0.05, 0) is 45.4 Å². The highest BCUT2D eigenvalue weighted by molar-refractivity contribution is 7.84. The number of benzene rings is 1. The molecule has 7 heteroatoms. The molecule has 3 nitrogen and oxygen atoms in total. The van der Waals surface area contributed by atoms with Gasteiger partial charge in [0.25, 0.3) is 0 Å². The molecule has 150 valence electrons. The van der Waals surface area contributed by atoms with Crippen molar-refractivity contribution in [1.29, 1.82) is 0 Å². The van der Waals surface area contributed by atoms with E-state index in [4.69, 9.17) is 0 Å². The number of halogens is 3. The molecule has 1 heterocycles. The first-order chi connectivity index (χ1) is 12.5. The van der Waals surface area contributed by atoms with E-state index in [1.807, 2.05) is 20.8 Å². The summed E-state index contributed by atoms with van der Waals surface area (Å²) >= 11 is 0. The van der Waals surface area contributed by atoms with Crippen LogP contribution in [0.15, 0.2) is 42.6 Å². The van der Waals surface area contributed by atoms with Crippen LogP contribution in [0.2, 0.25) is 0 Å². The van der Waals surface area contributed by atoms with Gasteiger partial charge in [-0.1, -0.05) is 43.7 Å². The molecule has 0 spiro atoms. The Morgan fingerprint density at radius 2 is 1.59 bits per heavy atom. The average molecular weight is 401 g/mol. The molecule has 0 amide bonds. The van der Waals surface area contributed by atoms with Crippen LogP contribution in [0.4, 0.5) is 13.2 Å². The van der Waals surface area contributed by atoms with Gasteiger partial charge in [0.15, 0.2) is 0 Å². The third-order valence-electron chi connectivity index (χ3n) is 3.61. The van der Waals surface area contributed by atoms with Crippen molar-refractivity contribution >= 4 is 11.0 Å². The van der Waals surface area contributed by atoms with E-state index >= 15 is 0 Å². The summed E-state index contributed by atoms with van der Waals surface area (Å²) in [6, 6.07) is 8.37. The Kier molecular flexibility index (Phi) is 8.17. The van der Waals surface area contributed by atoms with Gasteiger partial charge in [0.1, 0.15) is 0 Å². The van der Waals surface area contributed by atoms with Gasteiger partial charge >= 0.3 is 6.18 Å². The van der Waals surface area contributed by atoms with Crippen LogP contribution in [0.25, 0.3) is 0 Å². The van der Waals surface area contributed by atoms with Gasteiger partial charge in [0.05, 0.1) is 33.0 Å². The van der Waals surface area contributed by atoms with E-state index in [1.165, 1.54) is 12.3 Å². The number of pyridine rings is 1. The summed E-state index contributed by atoms with van der Waals surface area (Å²) in [5, 5.41) is 0. The van der Waals surface area contributed by atoms with Crippen molar-refractivity contribution in [2.45, 2.75) is 58.5 Å². The first kappa shape index (κ1) is 23.3. The van der Waals surface area contributed by atoms with Gasteiger partial charge in [-0.15, -0.1) is 0 Å². The van der Waals surface area contributed by atoms with E-state index in [0.717, 1.165) is 11.6 Å². The van der Waals surface area contributed by atoms with E-state index in [0.29, 0.717) is 5.56 Å². The quantitative estimate of drug-likeness (QED) is 0.728. The van der Waals surface area contributed by atoms with Crippen LogP contribution in [0, 0.1) is 6.92 Å². The molecule has 2 atom stereocenters. The minimum absolute atomic E-state index is 0.184. The highest BCUT2D eigenvalue weighted by Gasteiger charge is 2.37. The number of hydrogen-bond acceptors (Lipinski definition) is 2. The smallest absolute Gasteiger partial charge is 0.259 e. The van der Waals surface area contributed by atoms with Gasteiger partial charge < -0.3 is 0 Å². The van der Waals surface area contributed by atoms with E-state index in [2.05, 4.69) is 9.71 Å². The lowest BCUT2D eigenvalue weighted by Gasteiger charge is -2.26. The van der Waals surface area contributed by atoms with Crippen LogP contribution in [0.1, 0.15) is 63.0 Å². The number of aromatic nitrogens is 1. The molecule has 1 aromatic carbocycles. The molecule has 0 aliphatic carbocycles. The lowest BCUT2D eigenvalue weighted by atomic mass is 9.99. The third kappa shape index (κ3) is 6.43. The molecule has 27 heavy (non-hydrogen) atoms. The summed E-state index contributed by atoms with van der Waals surface area (Å²) in [5.41, 5.74) is 0.541. The lowest BCUT2D eigenvalue weighted by Crippen LogP contribution is -2.37. The standard InChI is InChI=1S/C18H21F3N2OS.C2H6/c1-12-7-9-13(10-8-12)15(23-25(24)17(2,3)4)16-14(18(19,20)21)6-5-11-22-16;1-2/h5-11,15,23H,1-4H3;1-2H3. The second-order valence-electron chi connectivity index (χ2n) is 6.78. The van der Waals surface area contributed by atoms with Crippen molar-refractivity contribution in [3.63, 3.8) is 0 Å². The highest BCUT2D eigenvalue weighted by atomic mass is 32.2. The molecule has 1 aromatic heterocycles. The monoisotopic (exact) mass is 400 g/mol. The molecule has 2 rings (SSSR count). The summed E-state index contributed by atoms with van der Waals surface area (Å²) in [6.07, 6.45) is -3.23. The number of aryl methyl sites for hydroxylation is 1. The fraction of sp³-hybridized carbons (Fsp3) is 0.450. The van der Waals surface area contributed by atoms with Crippen LogP contribution in [0.5, 0.6) is 0 Å². The second kappa shape index (κ2) is 9.46. The lowest BCUT2D eigenvalue weighted by molar-refractivity contribution is -0.138. The van der Waals surface area contributed by atoms with E-state index in [1.54, 1.807) is 45.0 Å². The van der Waals surface area contributed by atoms with Crippen molar-refractivity contribution < 1.29 is 17.4 Å². The van der Waals surface area contributed by atoms with Crippen molar-refractivity contribution in [3.8, 4) is 0 Å². The number of alkyl halides is 3. The molecule has 0 bridgehead atoms. The second-order valence-corrected chi connectivity index (χ2v) is 8.77. The first-order valence-electron chi connectivity index (χ1n) is 8.77. The Labute approximate surface area is 162 Å². The van der Waals surface area contributed by atoms with Crippen molar-refractivity contribution in [2.24, 2.45) is 0 Å². The topological polar surface area (TPSA) is 42.0 Å². The normalized spacial score (nSPS) is 14.1. The largest absolute Gasteiger partial charge is 0.418 e. The van der Waals surface area contributed by atoms with Crippen LogP contribution in [-0.2, 0) is 17.2 Å². The minimum atomic E-state index is -4.54. The number of rotatable bonds is 4. The number of nitrogens with one attached hydrogen (secondary N) is 1. The molecule has 0 aliphatic heterocycles. The maximum absolute atomic E-state index is 13.4. The Hall–Kier alpha value is -1.73. The summed E-state index contributed by atoms with van der Waals surface area (Å²) < 4.78 is 55.0. The van der Waals surface area contributed by atoms with E-state index < -0.39 is 33.5 Å². The van der Waals surface area contributed by atoms with Gasteiger partial charge in [0, 0.05) is 6.20 Å². The van der Waals surface area contributed by atoms with Gasteiger partial charge in [-0.2, -0.15) is 13.2 Å². The molecule has 1 N–H and O–H groups in total. The maximum Gasteiger partial charge on any atom is 0.418 e. The minimum Gasteiger partial charge on any atom is -0.259 e. The summed E-state index contributed by atoms with van der Waals surface area (Å²) in [7, 11) is -1.57. The highest BCUT2D eigenvalue weighted by Crippen LogP contribution is 2.36. The zero-order valence-electron chi connectivity index (χ0n) is 16.5. The third-order valence-corrected chi connectivity index (χ3v) is 5.17. The van der Waals surface area contributed by atoms with Gasteiger partial charge in [0.2, 0.25) is 0 Å². The molecule has 2 unspecified atom stereocenters. The summed E-state index contributed by atoms with van der Waals surface area (Å²) in [6.45, 7) is 11.2. The number of nitrogens with zero attached hydrogens (tertiary/aromatic N) is 1. The molecule has 0 saturated heterocycles. The van der Waals surface area contributed by atoms with Crippen molar-refractivity contribution in [2.75, 3.05) is 0 Å². The summed E-state index contributed by atoms with van der Waals surface area (Å²) in [4.78, 5) is 3.96. The Morgan fingerprint density at radius 3 is 2.07 bits per heavy atom. The molecule has 0 saturated carbocycles. The Bertz CT molecular complexity index is 753. The predicted molar refractivity (Wildman–Crippen MR) is 105 cm³/mol. The Balaban J connectivity index is 0.00000176. The molecule has 0 fully saturated rings. The molecular formula is C20H27F3N2OS. The van der Waals surface area contributed by atoms with Crippen LogP contribution in [-0.4, -0.2) is 13.9 Å². The zero-order valence-corrected chi connectivity index (χ0v) is 17.3. The summed E-state index contributed by atoms with van der Waals surface area (Å²) in [5.74, 6) is 0. The predicted octanol–water partition coefficient (Wildman–Crippen LogP) is 5.58. The van der Waals surface area contributed by atoms with Crippen molar-refractivity contribution in [1.82, 2.24) is 9.71 Å². The van der Waals surface area contributed by atoms with Gasteiger partial charge in [-0.3, -0.25) is 4.98 Å². The van der Waals surface area contributed by atoms with Gasteiger partial charge in [-0.25, -0.2) is 8.93 Å². The van der Waals surface area contributed by atoms with Crippen LogP contribution >= 0.6 is 0 Å². The molecule has 0 radical (unpaired) electrons. The Morgan fingerprint density at radius 1 is 1.04 bits per heavy atom. The fourth-order valence-electron chi connectivity index (χ4n) is 2.21. The SMILES string of the molecule is CC.Cc1ccc(C(NS(=O)C(C)(C)C)c2ncccc2C(F)(F)F)cc1.